The zero-order chi connectivity index (χ0) is 20.8. The van der Waals surface area contributed by atoms with Crippen LogP contribution in [0.25, 0.3) is 11.2 Å². The number of aryl methyl sites for hydroxylation is 1. The molecule has 2 amide bonds. The summed E-state index contributed by atoms with van der Waals surface area (Å²) >= 11 is 0. The molecule has 2 fully saturated rings. The average molecular weight is 404 g/mol. The van der Waals surface area contributed by atoms with Crippen LogP contribution in [-0.4, -0.2) is 49.8 Å². The van der Waals surface area contributed by atoms with E-state index in [0.29, 0.717) is 22.4 Å². The second-order valence-corrected chi connectivity index (χ2v) is 8.24. The molecule has 5 rings (SSSR count). The number of H-pyrrole nitrogens is 1. The monoisotopic (exact) mass is 404 g/mol. The summed E-state index contributed by atoms with van der Waals surface area (Å²) in [6, 6.07) is 8.27. The lowest BCUT2D eigenvalue weighted by Crippen LogP contribution is -2.50. The molecule has 4 heterocycles. The Labute approximate surface area is 173 Å². The number of carbonyl (C=O) groups excluding carboxylic acids is 2. The number of piperidine rings is 1. The fourth-order valence-electron chi connectivity index (χ4n) is 5.01. The number of nitrogens with two attached hydrogens (primary N) is 1. The van der Waals surface area contributed by atoms with E-state index in [-0.39, 0.29) is 24.0 Å². The van der Waals surface area contributed by atoms with Gasteiger partial charge in [0.1, 0.15) is 5.52 Å². The number of amides is 2. The van der Waals surface area contributed by atoms with Gasteiger partial charge in [0.05, 0.1) is 17.6 Å². The summed E-state index contributed by atoms with van der Waals surface area (Å²) in [5.41, 5.74) is 9.58. The summed E-state index contributed by atoms with van der Waals surface area (Å²) in [6.45, 7) is 1.98. The van der Waals surface area contributed by atoms with Gasteiger partial charge in [-0.05, 0) is 44.2 Å². The second kappa shape index (κ2) is 7.12. The predicted octanol–water partition coefficient (Wildman–Crippen LogP) is 2.61. The van der Waals surface area contributed by atoms with Crippen molar-refractivity contribution >= 4 is 28.7 Å². The van der Waals surface area contributed by atoms with Gasteiger partial charge in [0.25, 0.3) is 11.8 Å². The first kappa shape index (κ1) is 18.6. The molecule has 30 heavy (non-hydrogen) atoms. The highest BCUT2D eigenvalue weighted by Gasteiger charge is 2.43. The fraction of sp³-hybridized carbons (Fsp3) is 0.364. The number of anilines is 1. The molecule has 3 aromatic rings. The quantitative estimate of drug-likeness (QED) is 0.618. The Bertz CT molecular complexity index is 1130. The Morgan fingerprint density at radius 1 is 1.13 bits per heavy atom. The highest BCUT2D eigenvalue weighted by Crippen LogP contribution is 2.39. The molecule has 8 heteroatoms. The van der Waals surface area contributed by atoms with E-state index < -0.39 is 5.91 Å². The number of nitrogens with one attached hydrogen (secondary N) is 2. The molecule has 1 aromatic carbocycles. The van der Waals surface area contributed by atoms with Gasteiger partial charge in [-0.1, -0.05) is 18.2 Å². The van der Waals surface area contributed by atoms with E-state index in [9.17, 15) is 9.59 Å². The van der Waals surface area contributed by atoms with E-state index in [1.165, 1.54) is 6.20 Å². The van der Waals surface area contributed by atoms with Crippen LogP contribution in [-0.2, 0) is 0 Å². The maximum Gasteiger partial charge on any atom is 0.254 e. The van der Waals surface area contributed by atoms with Crippen LogP contribution in [0.2, 0.25) is 0 Å². The average Bonchev–Trinajstić information content (AvgIpc) is 3.30. The maximum atomic E-state index is 13.3. The second-order valence-electron chi connectivity index (χ2n) is 8.24. The molecule has 2 bridgehead atoms. The molecule has 154 valence electrons. The third-order valence-corrected chi connectivity index (χ3v) is 6.41. The molecule has 4 N–H and O–H groups in total. The van der Waals surface area contributed by atoms with Gasteiger partial charge in [-0.2, -0.15) is 0 Å². The molecule has 2 aliphatic heterocycles. The first-order valence-electron chi connectivity index (χ1n) is 10.3. The Balaban J connectivity index is 1.40. The van der Waals surface area contributed by atoms with Gasteiger partial charge in [0.15, 0.2) is 5.65 Å². The molecule has 8 nitrogen and oxygen atoms in total. The highest BCUT2D eigenvalue weighted by atomic mass is 16.2. The Morgan fingerprint density at radius 3 is 2.57 bits per heavy atom. The number of hydrogen-bond donors (Lipinski definition) is 3. The van der Waals surface area contributed by atoms with Crippen LogP contribution >= 0.6 is 0 Å². The first-order chi connectivity index (χ1) is 14.5. The number of primary amides is 1. The molecular formula is C22H24N6O2. The number of imidazole rings is 1. The summed E-state index contributed by atoms with van der Waals surface area (Å²) in [7, 11) is 0. The van der Waals surface area contributed by atoms with Crippen LogP contribution < -0.4 is 11.1 Å². The molecule has 0 radical (unpaired) electrons. The number of rotatable bonds is 4. The topological polar surface area (TPSA) is 117 Å². The Hall–Kier alpha value is -3.42. The fourth-order valence-corrected chi connectivity index (χ4v) is 5.01. The van der Waals surface area contributed by atoms with Crippen LogP contribution in [0.15, 0.2) is 36.8 Å². The van der Waals surface area contributed by atoms with E-state index in [4.69, 9.17) is 5.73 Å². The van der Waals surface area contributed by atoms with E-state index in [0.717, 1.165) is 36.8 Å². The van der Waals surface area contributed by atoms with Gasteiger partial charge >= 0.3 is 0 Å². The van der Waals surface area contributed by atoms with Crippen molar-refractivity contribution in [2.45, 2.75) is 50.7 Å². The van der Waals surface area contributed by atoms with Crippen molar-refractivity contribution in [1.29, 1.82) is 0 Å². The predicted molar refractivity (Wildman–Crippen MR) is 113 cm³/mol. The van der Waals surface area contributed by atoms with Crippen molar-refractivity contribution in [1.82, 2.24) is 19.9 Å². The molecule has 0 saturated carbocycles. The number of benzene rings is 1. The molecule has 1 unspecified atom stereocenters. The van der Waals surface area contributed by atoms with Gasteiger partial charge in [-0.3, -0.25) is 9.59 Å². The van der Waals surface area contributed by atoms with Crippen LogP contribution in [0, 0.1) is 6.92 Å². The lowest BCUT2D eigenvalue weighted by molar-refractivity contribution is 0.0582. The number of nitrogens with zero attached hydrogens (tertiary/aromatic N) is 3. The molecule has 2 aliphatic rings. The summed E-state index contributed by atoms with van der Waals surface area (Å²) in [5.74, 6) is -0.409. The maximum absolute atomic E-state index is 13.3. The molecule has 2 aromatic heterocycles. The molecule has 2 saturated heterocycles. The molecular weight excluding hydrogens is 380 g/mol. The van der Waals surface area contributed by atoms with E-state index in [1.54, 1.807) is 6.33 Å². The Kier molecular flexibility index (Phi) is 4.42. The van der Waals surface area contributed by atoms with Crippen molar-refractivity contribution in [3.63, 3.8) is 0 Å². The molecule has 0 spiro atoms. The van der Waals surface area contributed by atoms with Crippen LogP contribution in [0.4, 0.5) is 5.69 Å². The van der Waals surface area contributed by atoms with Crippen LogP contribution in [0.3, 0.4) is 0 Å². The third-order valence-electron chi connectivity index (χ3n) is 6.41. The van der Waals surface area contributed by atoms with Crippen molar-refractivity contribution in [3.8, 4) is 0 Å². The number of aromatic nitrogens is 3. The number of hydrogen-bond acceptors (Lipinski definition) is 5. The lowest BCUT2D eigenvalue weighted by Gasteiger charge is -2.40. The van der Waals surface area contributed by atoms with Gasteiger partial charge < -0.3 is 20.9 Å². The molecule has 3 atom stereocenters. The first-order valence-corrected chi connectivity index (χ1v) is 10.3. The smallest absolute Gasteiger partial charge is 0.254 e. The van der Waals surface area contributed by atoms with E-state index >= 15 is 0 Å². The van der Waals surface area contributed by atoms with E-state index in [1.807, 2.05) is 31.2 Å². The summed E-state index contributed by atoms with van der Waals surface area (Å²) in [5, 5.41) is 3.52. The summed E-state index contributed by atoms with van der Waals surface area (Å²) < 4.78 is 0. The number of pyridine rings is 1. The zero-order valence-corrected chi connectivity index (χ0v) is 16.8. The Morgan fingerprint density at radius 2 is 1.87 bits per heavy atom. The lowest BCUT2D eigenvalue weighted by atomic mass is 9.95. The third kappa shape index (κ3) is 2.99. The minimum atomic E-state index is -0.531. The van der Waals surface area contributed by atoms with Gasteiger partial charge in [0, 0.05) is 29.9 Å². The normalized spacial score (nSPS) is 23.0. The van der Waals surface area contributed by atoms with Crippen LogP contribution in [0.1, 0.15) is 52.0 Å². The summed E-state index contributed by atoms with van der Waals surface area (Å²) in [6.07, 6.45) is 6.67. The highest BCUT2D eigenvalue weighted by molar-refractivity contribution is 6.04. The number of fused-ring (bicyclic) bond motifs is 3. The van der Waals surface area contributed by atoms with Crippen molar-refractivity contribution in [2.24, 2.45) is 5.73 Å². The zero-order valence-electron chi connectivity index (χ0n) is 16.8. The number of aromatic amines is 1. The SMILES string of the molecule is Cc1ccccc1C(=O)N1[C@@H]2CC[C@H]1CC(Nc1c(C(N)=O)cnc3nc[nH]c13)C2. The van der Waals surface area contributed by atoms with Crippen molar-refractivity contribution in [2.75, 3.05) is 5.32 Å². The summed E-state index contributed by atoms with van der Waals surface area (Å²) in [4.78, 5) is 38.7. The van der Waals surface area contributed by atoms with Crippen LogP contribution in [0.5, 0.6) is 0 Å². The van der Waals surface area contributed by atoms with Gasteiger partial charge in [0.2, 0.25) is 0 Å². The number of carbonyl (C=O) groups is 2. The minimum Gasteiger partial charge on any atom is -0.380 e. The van der Waals surface area contributed by atoms with Gasteiger partial charge in [-0.25, -0.2) is 9.97 Å². The van der Waals surface area contributed by atoms with Crippen molar-refractivity contribution in [3.05, 3.63) is 53.5 Å². The van der Waals surface area contributed by atoms with Crippen molar-refractivity contribution < 1.29 is 9.59 Å². The standard InChI is InChI=1S/C22H24N6O2/c1-12-4-2-3-5-16(12)22(30)28-14-6-7-15(28)9-13(8-14)27-18-17(20(23)29)10-24-21-19(18)25-11-26-21/h2-5,10-11,13-15H,6-9H2,1H3,(H2,23,29)(H2,24,25,26,27)/t13?,14-,15+. The van der Waals surface area contributed by atoms with Gasteiger partial charge in [-0.15, -0.1) is 0 Å². The van der Waals surface area contributed by atoms with E-state index in [2.05, 4.69) is 25.2 Å². The molecule has 0 aliphatic carbocycles. The largest absolute Gasteiger partial charge is 0.380 e. The minimum absolute atomic E-state index is 0.122.